The minimum Gasteiger partial charge on any atom is -0.468 e. The molecular weight excluding hydrogens is 200 g/mol. The molecule has 1 radical (unpaired) electrons. The van der Waals surface area contributed by atoms with Gasteiger partial charge in [0.05, 0.1) is 0 Å². The van der Waals surface area contributed by atoms with Gasteiger partial charge in [0.2, 0.25) is 0 Å². The molecule has 1 aliphatic carbocycles. The van der Waals surface area contributed by atoms with Gasteiger partial charge in [-0.25, -0.2) is 0 Å². The highest BCUT2D eigenvalue weighted by Crippen LogP contribution is 2.32. The standard InChI is InChI=1S/C14H19O2/c1-15-11-16-14-9-7-13(8-10-14)12-5-3-2-4-6-12/h7-10H,2-6,11H2,1H3. The molecule has 0 heterocycles. The van der Waals surface area contributed by atoms with E-state index in [1.54, 1.807) is 13.0 Å². The molecule has 1 aliphatic rings. The highest BCUT2D eigenvalue weighted by molar-refractivity contribution is 5.36. The third-order valence-corrected chi connectivity index (χ3v) is 3.06. The van der Waals surface area contributed by atoms with Crippen molar-refractivity contribution < 1.29 is 9.47 Å². The fourth-order valence-corrected chi connectivity index (χ4v) is 2.18. The van der Waals surface area contributed by atoms with Crippen LogP contribution < -0.4 is 4.74 Å². The number of hydrogen-bond donors (Lipinski definition) is 0. The molecule has 2 heteroatoms. The number of hydrogen-bond acceptors (Lipinski definition) is 2. The summed E-state index contributed by atoms with van der Waals surface area (Å²) in [5.74, 6) is 2.48. The van der Waals surface area contributed by atoms with Gasteiger partial charge >= 0.3 is 0 Å². The lowest BCUT2D eigenvalue weighted by atomic mass is 9.84. The molecule has 0 aromatic heterocycles. The monoisotopic (exact) mass is 219 g/mol. The molecule has 1 saturated carbocycles. The minimum atomic E-state index is 0.315. The summed E-state index contributed by atoms with van der Waals surface area (Å²) in [7, 11) is 1.63. The molecule has 0 unspecified atom stereocenters. The number of benzene rings is 1. The Labute approximate surface area is 97.6 Å². The van der Waals surface area contributed by atoms with Gasteiger partial charge in [-0.05, 0) is 30.5 Å². The summed E-state index contributed by atoms with van der Waals surface area (Å²) in [4.78, 5) is 0. The molecule has 1 fully saturated rings. The summed E-state index contributed by atoms with van der Waals surface area (Å²) >= 11 is 0. The van der Waals surface area contributed by atoms with Gasteiger partial charge in [-0.3, -0.25) is 0 Å². The highest BCUT2D eigenvalue weighted by atomic mass is 16.7. The van der Waals surface area contributed by atoms with E-state index in [9.17, 15) is 0 Å². The molecule has 2 rings (SSSR count). The zero-order chi connectivity index (χ0) is 11.2. The smallest absolute Gasteiger partial charge is 0.188 e. The first-order chi connectivity index (χ1) is 7.90. The molecule has 0 atom stereocenters. The lowest BCUT2D eigenvalue weighted by Gasteiger charge is -2.21. The van der Waals surface area contributed by atoms with E-state index in [0.29, 0.717) is 6.79 Å². The van der Waals surface area contributed by atoms with Gasteiger partial charge in [0, 0.05) is 13.0 Å². The van der Waals surface area contributed by atoms with Crippen LogP contribution in [0.25, 0.3) is 0 Å². The Morgan fingerprint density at radius 1 is 1.00 bits per heavy atom. The predicted molar refractivity (Wildman–Crippen MR) is 64.4 cm³/mol. The predicted octanol–water partition coefficient (Wildman–Crippen LogP) is 3.56. The summed E-state index contributed by atoms with van der Waals surface area (Å²) < 4.78 is 10.2. The second kappa shape index (κ2) is 5.90. The minimum absolute atomic E-state index is 0.315. The van der Waals surface area contributed by atoms with Crippen molar-refractivity contribution in [3.8, 4) is 5.75 Å². The molecule has 0 spiro atoms. The summed E-state index contributed by atoms with van der Waals surface area (Å²) in [5, 5.41) is 0. The number of rotatable bonds is 4. The van der Waals surface area contributed by atoms with Crippen molar-refractivity contribution in [2.75, 3.05) is 13.9 Å². The van der Waals surface area contributed by atoms with E-state index >= 15 is 0 Å². The van der Waals surface area contributed by atoms with Gasteiger partial charge in [0.25, 0.3) is 0 Å². The molecule has 0 saturated heterocycles. The highest BCUT2D eigenvalue weighted by Gasteiger charge is 2.15. The Morgan fingerprint density at radius 3 is 2.31 bits per heavy atom. The maximum Gasteiger partial charge on any atom is 0.188 e. The van der Waals surface area contributed by atoms with E-state index in [4.69, 9.17) is 9.47 Å². The van der Waals surface area contributed by atoms with Gasteiger partial charge in [-0.1, -0.05) is 31.4 Å². The van der Waals surface area contributed by atoms with E-state index in [2.05, 4.69) is 12.1 Å². The maximum atomic E-state index is 5.37. The first-order valence-electron chi connectivity index (χ1n) is 5.97. The fourth-order valence-electron chi connectivity index (χ4n) is 2.18. The van der Waals surface area contributed by atoms with E-state index in [0.717, 1.165) is 5.75 Å². The average Bonchev–Trinajstić information content (AvgIpc) is 2.38. The van der Waals surface area contributed by atoms with Gasteiger partial charge < -0.3 is 9.47 Å². The van der Waals surface area contributed by atoms with E-state index in [-0.39, 0.29) is 0 Å². The van der Waals surface area contributed by atoms with E-state index in [1.165, 1.54) is 37.7 Å². The molecule has 1 aromatic rings. The first kappa shape index (κ1) is 11.5. The molecular formula is C14H19O2. The summed E-state index contributed by atoms with van der Waals surface area (Å²) in [6, 6.07) is 8.36. The van der Waals surface area contributed by atoms with Gasteiger partial charge in [-0.15, -0.1) is 0 Å². The van der Waals surface area contributed by atoms with Crippen LogP contribution in [0.5, 0.6) is 5.75 Å². The van der Waals surface area contributed by atoms with Crippen molar-refractivity contribution in [3.63, 3.8) is 0 Å². The zero-order valence-corrected chi connectivity index (χ0v) is 9.87. The molecule has 87 valence electrons. The molecule has 16 heavy (non-hydrogen) atoms. The summed E-state index contributed by atoms with van der Waals surface area (Å²) in [6.45, 7) is 0.315. The largest absolute Gasteiger partial charge is 0.468 e. The van der Waals surface area contributed by atoms with Crippen molar-refractivity contribution in [2.24, 2.45) is 0 Å². The Kier molecular flexibility index (Phi) is 4.23. The van der Waals surface area contributed by atoms with Crippen LogP contribution in [0.4, 0.5) is 0 Å². The van der Waals surface area contributed by atoms with E-state index in [1.807, 2.05) is 12.1 Å². The van der Waals surface area contributed by atoms with Crippen LogP contribution in [-0.2, 0) is 4.74 Å². The Morgan fingerprint density at radius 2 is 1.69 bits per heavy atom. The molecule has 0 N–H and O–H groups in total. The molecule has 0 amide bonds. The lowest BCUT2D eigenvalue weighted by Crippen LogP contribution is -2.05. The maximum absolute atomic E-state index is 5.37. The van der Waals surface area contributed by atoms with Crippen molar-refractivity contribution >= 4 is 0 Å². The summed E-state index contributed by atoms with van der Waals surface area (Å²) in [6.07, 6.45) is 6.60. The van der Waals surface area contributed by atoms with Crippen LogP contribution in [0, 0.1) is 5.92 Å². The topological polar surface area (TPSA) is 18.5 Å². The molecule has 0 aliphatic heterocycles. The number of methoxy groups -OCH3 is 1. The van der Waals surface area contributed by atoms with Crippen LogP contribution in [0.2, 0.25) is 0 Å². The van der Waals surface area contributed by atoms with Gasteiger partial charge in [-0.2, -0.15) is 0 Å². The zero-order valence-electron chi connectivity index (χ0n) is 9.87. The normalized spacial score (nSPS) is 17.3. The fraction of sp³-hybridized carbons (Fsp3) is 0.500. The van der Waals surface area contributed by atoms with Crippen molar-refractivity contribution in [2.45, 2.75) is 32.1 Å². The second-order valence-corrected chi connectivity index (χ2v) is 4.24. The van der Waals surface area contributed by atoms with Gasteiger partial charge in [0.1, 0.15) is 5.75 Å². The van der Waals surface area contributed by atoms with Crippen molar-refractivity contribution in [1.29, 1.82) is 0 Å². The number of ether oxygens (including phenoxy) is 2. The average molecular weight is 219 g/mol. The molecule has 0 bridgehead atoms. The van der Waals surface area contributed by atoms with Crippen LogP contribution in [0.3, 0.4) is 0 Å². The summed E-state index contributed by atoms with van der Waals surface area (Å²) in [5.41, 5.74) is 1.38. The lowest BCUT2D eigenvalue weighted by molar-refractivity contribution is 0.0511. The van der Waals surface area contributed by atoms with Crippen molar-refractivity contribution in [1.82, 2.24) is 0 Å². The van der Waals surface area contributed by atoms with Gasteiger partial charge in [0.15, 0.2) is 6.79 Å². The third-order valence-electron chi connectivity index (χ3n) is 3.06. The third kappa shape index (κ3) is 2.99. The first-order valence-corrected chi connectivity index (χ1v) is 5.97. The Hall–Kier alpha value is -1.02. The van der Waals surface area contributed by atoms with Crippen LogP contribution in [0.1, 0.15) is 37.7 Å². The van der Waals surface area contributed by atoms with Crippen LogP contribution >= 0.6 is 0 Å². The second-order valence-electron chi connectivity index (χ2n) is 4.24. The van der Waals surface area contributed by atoms with Crippen LogP contribution in [0.15, 0.2) is 24.3 Å². The molecule has 1 aromatic carbocycles. The van der Waals surface area contributed by atoms with Crippen molar-refractivity contribution in [3.05, 3.63) is 35.7 Å². The Balaban J connectivity index is 1.95. The van der Waals surface area contributed by atoms with E-state index < -0.39 is 0 Å². The quantitative estimate of drug-likeness (QED) is 0.721. The molecule has 2 nitrogen and oxygen atoms in total. The van der Waals surface area contributed by atoms with Crippen LogP contribution in [-0.4, -0.2) is 13.9 Å². The Bertz CT molecular complexity index is 299. The SMILES string of the molecule is COCOc1ccc([C]2CCCCC2)cc1.